The number of piperidine rings is 1. The number of halogens is 3. The molecule has 180 valence electrons. The van der Waals surface area contributed by atoms with Crippen molar-refractivity contribution in [2.24, 2.45) is 7.05 Å². The summed E-state index contributed by atoms with van der Waals surface area (Å²) in [5.41, 5.74) is 1.68. The first-order valence-electron chi connectivity index (χ1n) is 11.4. The van der Waals surface area contributed by atoms with E-state index in [1.165, 1.54) is 0 Å². The molecule has 0 aromatic carbocycles. The highest BCUT2D eigenvalue weighted by atomic mass is 19.4. The van der Waals surface area contributed by atoms with Crippen LogP contribution in [0.3, 0.4) is 0 Å². The number of carbonyl (C=O) groups is 1. The van der Waals surface area contributed by atoms with Crippen LogP contribution < -0.4 is 10.6 Å². The van der Waals surface area contributed by atoms with Gasteiger partial charge in [0.2, 0.25) is 0 Å². The first kappa shape index (κ1) is 22.6. The predicted molar refractivity (Wildman–Crippen MR) is 121 cm³/mol. The average Bonchev–Trinajstić information content (AvgIpc) is 3.33. The zero-order chi connectivity index (χ0) is 23.9. The topological polar surface area (TPSA) is 88.0 Å². The molecule has 0 spiro atoms. The van der Waals surface area contributed by atoms with Gasteiger partial charge in [-0.1, -0.05) is 0 Å². The molecule has 0 saturated carbocycles. The van der Waals surface area contributed by atoms with Gasteiger partial charge in [0.25, 0.3) is 0 Å². The lowest BCUT2D eigenvalue weighted by molar-refractivity contribution is -0.133. The number of aryl methyl sites for hydroxylation is 1. The fraction of sp³-hybridized carbons (Fsp3) is 0.478. The van der Waals surface area contributed by atoms with Crippen molar-refractivity contribution >= 4 is 22.6 Å². The molecule has 2 aliphatic rings. The molecule has 11 heteroatoms. The molecule has 3 aromatic heterocycles. The van der Waals surface area contributed by atoms with E-state index in [2.05, 4.69) is 25.7 Å². The summed E-state index contributed by atoms with van der Waals surface area (Å²) in [7, 11) is 1.84. The number of nitrogens with zero attached hydrogens (tertiary/aromatic N) is 5. The van der Waals surface area contributed by atoms with E-state index < -0.39 is 12.6 Å². The van der Waals surface area contributed by atoms with Gasteiger partial charge >= 0.3 is 12.2 Å². The standard InChI is InChI=1S/C23H26F3N7O/c1-32-13-16(12-30-32)20-6-14-7-21(29-11-15(14)10-28-20)31-22(34)33-18-2-3-19(33)9-17(8-18)27-5-4-23(24,25)26/h6-7,10-13,17-19,27H,2-5,8-9H2,1H3,(H,29,31,34)/t17-,18-,19+. The number of urea groups is 1. The fourth-order valence-electron chi connectivity index (χ4n) is 5.09. The molecule has 8 nitrogen and oxygen atoms in total. The Hall–Kier alpha value is -3.21. The van der Waals surface area contributed by atoms with Gasteiger partial charge in [-0.05, 0) is 43.2 Å². The molecule has 34 heavy (non-hydrogen) atoms. The van der Waals surface area contributed by atoms with Crippen molar-refractivity contribution in [2.75, 3.05) is 11.9 Å². The molecule has 2 N–H and O–H groups in total. The van der Waals surface area contributed by atoms with Gasteiger partial charge in [-0.2, -0.15) is 18.3 Å². The summed E-state index contributed by atoms with van der Waals surface area (Å²) >= 11 is 0. The van der Waals surface area contributed by atoms with Crippen LogP contribution in [-0.4, -0.2) is 61.5 Å². The second-order valence-corrected chi connectivity index (χ2v) is 9.10. The van der Waals surface area contributed by atoms with Crippen molar-refractivity contribution in [2.45, 2.75) is 56.4 Å². The first-order valence-corrected chi connectivity index (χ1v) is 11.4. The van der Waals surface area contributed by atoms with Crippen LogP contribution in [0.2, 0.25) is 0 Å². The molecule has 5 rings (SSSR count). The number of fused-ring (bicyclic) bond motifs is 3. The van der Waals surface area contributed by atoms with Crippen molar-refractivity contribution in [3.8, 4) is 11.3 Å². The van der Waals surface area contributed by atoms with Crippen molar-refractivity contribution in [1.29, 1.82) is 0 Å². The van der Waals surface area contributed by atoms with Crippen LogP contribution in [0.25, 0.3) is 22.0 Å². The van der Waals surface area contributed by atoms with E-state index in [-0.39, 0.29) is 30.7 Å². The van der Waals surface area contributed by atoms with E-state index >= 15 is 0 Å². The summed E-state index contributed by atoms with van der Waals surface area (Å²) in [6.07, 6.45) is 5.10. The maximum atomic E-state index is 13.1. The van der Waals surface area contributed by atoms with Gasteiger partial charge in [-0.25, -0.2) is 9.78 Å². The maximum absolute atomic E-state index is 13.1. The van der Waals surface area contributed by atoms with E-state index in [9.17, 15) is 18.0 Å². The minimum atomic E-state index is -4.16. The number of amides is 2. The number of hydrogen-bond donors (Lipinski definition) is 2. The van der Waals surface area contributed by atoms with Gasteiger partial charge in [0.05, 0.1) is 18.3 Å². The Balaban J connectivity index is 1.25. The van der Waals surface area contributed by atoms with Gasteiger partial charge in [0, 0.05) is 61.3 Å². The highest BCUT2D eigenvalue weighted by molar-refractivity contribution is 5.93. The highest BCUT2D eigenvalue weighted by Crippen LogP contribution is 2.36. The lowest BCUT2D eigenvalue weighted by atomic mass is 9.97. The number of carbonyl (C=O) groups excluding carboxylic acids is 1. The molecule has 0 aliphatic carbocycles. The molecular formula is C23H26F3N7O. The molecule has 2 saturated heterocycles. The van der Waals surface area contributed by atoms with Crippen LogP contribution >= 0.6 is 0 Å². The van der Waals surface area contributed by atoms with E-state index in [4.69, 9.17) is 0 Å². The lowest BCUT2D eigenvalue weighted by Gasteiger charge is -2.39. The van der Waals surface area contributed by atoms with Gasteiger partial charge in [-0.3, -0.25) is 15.0 Å². The van der Waals surface area contributed by atoms with Crippen LogP contribution in [0, 0.1) is 0 Å². The van der Waals surface area contributed by atoms with Crippen LogP contribution in [0.15, 0.2) is 36.9 Å². The van der Waals surface area contributed by atoms with Gasteiger partial charge < -0.3 is 10.2 Å². The van der Waals surface area contributed by atoms with Crippen molar-refractivity contribution in [1.82, 2.24) is 30.0 Å². The predicted octanol–water partition coefficient (Wildman–Crippen LogP) is 4.10. The lowest BCUT2D eigenvalue weighted by Crippen LogP contribution is -2.53. The monoisotopic (exact) mass is 473 g/mol. The van der Waals surface area contributed by atoms with E-state index in [1.807, 2.05) is 30.3 Å². The minimum absolute atomic E-state index is 0.00101. The number of nitrogens with one attached hydrogen (secondary N) is 2. The number of rotatable bonds is 5. The van der Waals surface area contributed by atoms with Crippen molar-refractivity contribution < 1.29 is 18.0 Å². The maximum Gasteiger partial charge on any atom is 0.390 e. The summed E-state index contributed by atoms with van der Waals surface area (Å²) in [4.78, 5) is 23.8. The van der Waals surface area contributed by atoms with Crippen LogP contribution in [0.1, 0.15) is 32.1 Å². The third-order valence-corrected chi connectivity index (χ3v) is 6.65. The molecule has 3 aromatic rings. The molecule has 0 radical (unpaired) electrons. The Labute approximate surface area is 194 Å². The zero-order valence-corrected chi connectivity index (χ0v) is 18.7. The minimum Gasteiger partial charge on any atom is -0.318 e. The number of anilines is 1. The molecule has 2 aliphatic heterocycles. The van der Waals surface area contributed by atoms with E-state index in [1.54, 1.807) is 23.3 Å². The summed E-state index contributed by atoms with van der Waals surface area (Å²) in [5.74, 6) is 0.450. The van der Waals surface area contributed by atoms with E-state index in [0.29, 0.717) is 18.7 Å². The molecule has 0 unspecified atom stereocenters. The smallest absolute Gasteiger partial charge is 0.318 e. The number of hydrogen-bond acceptors (Lipinski definition) is 5. The Bertz CT molecular complexity index is 1180. The summed E-state index contributed by atoms with van der Waals surface area (Å²) in [6.45, 7) is -0.0866. The number of alkyl halides is 3. The summed E-state index contributed by atoms with van der Waals surface area (Å²) in [6, 6.07) is 3.58. The van der Waals surface area contributed by atoms with Gasteiger partial charge in [0.1, 0.15) is 5.82 Å². The Morgan fingerprint density at radius 2 is 1.82 bits per heavy atom. The van der Waals surface area contributed by atoms with Crippen molar-refractivity contribution in [3.05, 3.63) is 36.9 Å². The Kier molecular flexibility index (Phi) is 5.88. The molecule has 2 amide bonds. The highest BCUT2D eigenvalue weighted by Gasteiger charge is 2.43. The third kappa shape index (κ3) is 4.84. The summed E-state index contributed by atoms with van der Waals surface area (Å²) in [5, 5.41) is 11.9. The molecule has 2 fully saturated rings. The Morgan fingerprint density at radius 1 is 1.09 bits per heavy atom. The first-order chi connectivity index (χ1) is 16.2. The number of pyridine rings is 2. The zero-order valence-electron chi connectivity index (χ0n) is 18.7. The van der Waals surface area contributed by atoms with Crippen molar-refractivity contribution in [3.63, 3.8) is 0 Å². The number of aromatic nitrogens is 4. The van der Waals surface area contributed by atoms with Gasteiger partial charge in [-0.15, -0.1) is 0 Å². The van der Waals surface area contributed by atoms with Crippen LogP contribution in [-0.2, 0) is 7.05 Å². The third-order valence-electron chi connectivity index (χ3n) is 6.65. The Morgan fingerprint density at radius 3 is 2.50 bits per heavy atom. The quantitative estimate of drug-likeness (QED) is 0.583. The fourth-order valence-corrected chi connectivity index (χ4v) is 5.09. The van der Waals surface area contributed by atoms with Gasteiger partial charge in [0.15, 0.2) is 0 Å². The molecule has 2 bridgehead atoms. The SMILES string of the molecule is Cn1cc(-c2cc3cc(NC(=O)N4[C@@H]5CC[C@H]4C[C@H](NCCC(F)(F)F)C5)ncc3cn2)cn1. The molecular weight excluding hydrogens is 447 g/mol. The van der Waals surface area contributed by atoms with Crippen LogP contribution in [0.4, 0.5) is 23.8 Å². The van der Waals surface area contributed by atoms with E-state index in [0.717, 1.165) is 34.9 Å². The second-order valence-electron chi connectivity index (χ2n) is 9.10. The molecule has 3 atom stereocenters. The molecule has 5 heterocycles. The second kappa shape index (κ2) is 8.86. The average molecular weight is 474 g/mol. The largest absolute Gasteiger partial charge is 0.390 e. The van der Waals surface area contributed by atoms with Crippen LogP contribution in [0.5, 0.6) is 0 Å². The normalized spacial score (nSPS) is 22.4. The summed E-state index contributed by atoms with van der Waals surface area (Å²) < 4.78 is 39.0.